The minimum absolute atomic E-state index is 0. The third kappa shape index (κ3) is 7.10. The van der Waals surface area contributed by atoms with Crippen LogP contribution in [0, 0.1) is 30.4 Å². The Labute approximate surface area is 347 Å². The summed E-state index contributed by atoms with van der Waals surface area (Å²) in [5.74, 6) is -0.551. The Morgan fingerprint density at radius 3 is 2.14 bits per heavy atom. The van der Waals surface area contributed by atoms with Crippen LogP contribution in [0.1, 0.15) is 53.0 Å². The van der Waals surface area contributed by atoms with Crippen LogP contribution in [0.2, 0.25) is 0 Å². The van der Waals surface area contributed by atoms with E-state index in [9.17, 15) is 8.78 Å². The van der Waals surface area contributed by atoms with Crippen molar-refractivity contribution in [3.05, 3.63) is 175 Å². The first-order valence-corrected chi connectivity index (χ1v) is 18.6. The quantitative estimate of drug-likeness (QED) is 0.149. The van der Waals surface area contributed by atoms with E-state index in [0.29, 0.717) is 28.3 Å². The summed E-state index contributed by atoms with van der Waals surface area (Å²) in [6, 6.07) is 46.3. The zero-order valence-electron chi connectivity index (χ0n) is 33.0. The van der Waals surface area contributed by atoms with E-state index in [-0.39, 0.29) is 26.5 Å². The number of benzene rings is 6. The fraction of sp³-hybridized carbons (Fsp3) is 0.143. The van der Waals surface area contributed by atoms with Crippen LogP contribution in [0.15, 0.2) is 134 Å². The van der Waals surface area contributed by atoms with Gasteiger partial charge in [0.15, 0.2) is 0 Å². The van der Waals surface area contributed by atoms with E-state index in [1.54, 1.807) is 0 Å². The molecule has 0 saturated heterocycles. The molecule has 0 spiro atoms. The molecule has 0 fully saturated rings. The maximum Gasteiger partial charge on any atom is 0.135 e. The van der Waals surface area contributed by atoms with Gasteiger partial charge < -0.3 is 19.1 Å². The van der Waals surface area contributed by atoms with Gasteiger partial charge in [0.05, 0.1) is 0 Å². The molecule has 8 heteroatoms. The fourth-order valence-corrected chi connectivity index (χ4v) is 7.43. The molecule has 2 aromatic heterocycles. The number of halogens is 2. The fourth-order valence-electron chi connectivity index (χ4n) is 7.43. The van der Waals surface area contributed by atoms with Gasteiger partial charge in [0.2, 0.25) is 0 Å². The number of anilines is 4. The second kappa shape index (κ2) is 14.9. The first-order valence-electron chi connectivity index (χ1n) is 19.1. The molecule has 0 bridgehead atoms. The Kier molecular flexibility index (Phi) is 9.66. The first kappa shape index (κ1) is 36.8. The van der Waals surface area contributed by atoms with Gasteiger partial charge in [-0.3, -0.25) is 0 Å². The van der Waals surface area contributed by atoms with E-state index in [4.69, 9.17) is 11.1 Å². The van der Waals surface area contributed by atoms with Crippen molar-refractivity contribution in [2.75, 3.05) is 9.80 Å². The molecule has 0 aliphatic carbocycles. The summed E-state index contributed by atoms with van der Waals surface area (Å²) in [5, 5.41) is 2.11. The minimum Gasteiger partial charge on any atom is -0.509 e. The number of fused-ring (bicyclic) bond motifs is 4. The van der Waals surface area contributed by atoms with Crippen LogP contribution in [0.3, 0.4) is 0 Å². The Bertz CT molecular complexity index is 2820. The Balaban J connectivity index is 0.00000469. The number of hydrogen-bond acceptors (Lipinski definition) is 4. The van der Waals surface area contributed by atoms with Crippen molar-refractivity contribution in [1.29, 1.82) is 0 Å². The number of ether oxygens (including phenoxy) is 1. The van der Waals surface area contributed by atoms with Crippen LogP contribution >= 0.6 is 0 Å². The monoisotopic (exact) mass is 933 g/mol. The topological polar surface area (TPSA) is 33.5 Å². The third-order valence-electron chi connectivity index (χ3n) is 10.3. The van der Waals surface area contributed by atoms with Gasteiger partial charge in [0, 0.05) is 74.3 Å². The van der Waals surface area contributed by atoms with Crippen molar-refractivity contribution in [3.8, 4) is 28.4 Å². The van der Waals surface area contributed by atoms with Gasteiger partial charge in [-0.25, -0.2) is 13.8 Å². The summed E-state index contributed by atoms with van der Waals surface area (Å²) < 4.78 is 46.7. The Hall–Kier alpha value is -5.78. The molecule has 0 radical (unpaired) electrons. The smallest absolute Gasteiger partial charge is 0.135 e. The number of rotatable bonds is 7. The van der Waals surface area contributed by atoms with E-state index in [0.717, 1.165) is 56.3 Å². The van der Waals surface area contributed by atoms with E-state index < -0.39 is 17.5 Å². The molecule has 0 saturated carbocycles. The maximum absolute atomic E-state index is 14.4. The molecule has 1 aliphatic heterocycles. The normalized spacial score (nSPS) is 13.1. The molecule has 0 atom stereocenters. The van der Waals surface area contributed by atoms with E-state index in [1.807, 2.05) is 115 Å². The SMILES string of the molecule is [2H]C(C)(C)c1cc(Oc2[c-]c3c(cc2)c2ccccc2n3-c2cc(C(C)(C)C)ccn2)[c-]c(N2[CH-]N(c3ccccc3-c3cc(F)cc(F)c3)c3ccccc32)c1.[Pt]. The molecule has 3 heterocycles. The summed E-state index contributed by atoms with van der Waals surface area (Å²) in [4.78, 5) is 8.81. The predicted octanol–water partition coefficient (Wildman–Crippen LogP) is 13.3. The molecular weight excluding hydrogens is 894 g/mol. The molecule has 57 heavy (non-hydrogen) atoms. The van der Waals surface area contributed by atoms with Gasteiger partial charge >= 0.3 is 0 Å². The molecule has 6 aromatic carbocycles. The predicted molar refractivity (Wildman–Crippen MR) is 222 cm³/mol. The number of hydrogen-bond donors (Lipinski definition) is 0. The molecule has 5 nitrogen and oxygen atoms in total. The number of pyridine rings is 1. The molecule has 8 aromatic rings. The third-order valence-corrected chi connectivity index (χ3v) is 10.3. The van der Waals surface area contributed by atoms with Crippen molar-refractivity contribution < 1.29 is 36.0 Å². The Morgan fingerprint density at radius 2 is 1.40 bits per heavy atom. The van der Waals surface area contributed by atoms with Crippen molar-refractivity contribution >= 4 is 44.6 Å². The van der Waals surface area contributed by atoms with E-state index in [2.05, 4.69) is 67.8 Å². The second-order valence-corrected chi connectivity index (χ2v) is 15.3. The van der Waals surface area contributed by atoms with Gasteiger partial charge in [0.25, 0.3) is 0 Å². The molecule has 0 amide bonds. The minimum atomic E-state index is -0.973. The van der Waals surface area contributed by atoms with Crippen LogP contribution in [0.4, 0.5) is 31.5 Å². The summed E-state index contributed by atoms with van der Waals surface area (Å²) in [7, 11) is 0. The van der Waals surface area contributed by atoms with Crippen molar-refractivity contribution in [2.24, 2.45) is 0 Å². The molecule has 0 unspecified atom stereocenters. The van der Waals surface area contributed by atoms with Crippen LogP contribution in [-0.4, -0.2) is 9.55 Å². The summed E-state index contributed by atoms with van der Waals surface area (Å²) in [6.45, 7) is 12.2. The summed E-state index contributed by atoms with van der Waals surface area (Å²) in [6.07, 6.45) is 1.86. The standard InChI is InChI=1S/C49H39F2N4O.Pt/c1-31(2)32-24-37(53-30-54(46-17-11-10-16-45(46)53)43-14-8-6-12-40(43)33-22-35(50)27-36(51)23-33)28-39(25-32)56-38-18-19-42-41-13-7-9-15-44(41)55(47(42)29-38)48-26-34(20-21-52-48)49(3,4)5;/h6-27,30-31H,1-5H3;/q-3;/i31D;. The van der Waals surface area contributed by atoms with E-state index in [1.165, 1.54) is 17.7 Å². The van der Waals surface area contributed by atoms with E-state index >= 15 is 0 Å². The van der Waals surface area contributed by atoms with Crippen molar-refractivity contribution in [1.82, 2.24) is 9.55 Å². The molecule has 9 rings (SSSR count). The second-order valence-electron chi connectivity index (χ2n) is 15.3. The zero-order chi connectivity index (χ0) is 39.6. The van der Waals surface area contributed by atoms with Crippen molar-refractivity contribution in [2.45, 2.75) is 45.9 Å². The summed E-state index contributed by atoms with van der Waals surface area (Å²) in [5.41, 5.74) is 7.91. The average Bonchev–Trinajstić information content (AvgIpc) is 3.73. The molecule has 288 valence electrons. The van der Waals surface area contributed by atoms with Gasteiger partial charge in [0.1, 0.15) is 17.5 Å². The number of nitrogens with zero attached hydrogens (tertiary/aromatic N) is 4. The molecular formula is C49H39F2N4OPt-3. The van der Waals surface area contributed by atoms with Crippen LogP contribution in [0.5, 0.6) is 11.5 Å². The number of aromatic nitrogens is 2. The maximum atomic E-state index is 14.4. The van der Waals surface area contributed by atoms with Crippen LogP contribution in [-0.2, 0) is 26.5 Å². The largest absolute Gasteiger partial charge is 0.509 e. The average molecular weight is 934 g/mol. The van der Waals surface area contributed by atoms with Crippen molar-refractivity contribution in [3.63, 3.8) is 0 Å². The van der Waals surface area contributed by atoms with Gasteiger partial charge in [-0.1, -0.05) is 88.7 Å². The number of para-hydroxylation sites is 4. The van der Waals surface area contributed by atoms with Gasteiger partial charge in [-0.2, -0.15) is 6.07 Å². The first-order chi connectivity index (χ1) is 27.3. The molecule has 1 aliphatic rings. The Morgan fingerprint density at radius 1 is 0.719 bits per heavy atom. The molecule has 0 N–H and O–H groups in total. The van der Waals surface area contributed by atoms with Crippen LogP contribution in [0.25, 0.3) is 38.8 Å². The van der Waals surface area contributed by atoms with Crippen LogP contribution < -0.4 is 14.5 Å². The zero-order valence-corrected chi connectivity index (χ0v) is 34.3. The van der Waals surface area contributed by atoms with Gasteiger partial charge in [-0.15, -0.1) is 53.6 Å². The summed E-state index contributed by atoms with van der Waals surface area (Å²) >= 11 is 0. The van der Waals surface area contributed by atoms with Gasteiger partial charge in [-0.05, 0) is 76.4 Å².